The molecular weight excluding hydrogens is 352 g/mol. The van der Waals surface area contributed by atoms with Crippen molar-refractivity contribution in [3.63, 3.8) is 0 Å². The number of rotatable bonds is 9. The van der Waals surface area contributed by atoms with Crippen LogP contribution in [0, 0.1) is 0 Å². The van der Waals surface area contributed by atoms with Gasteiger partial charge in [0.2, 0.25) is 11.7 Å². The number of hydrogen-bond acceptors (Lipinski definition) is 9. The Morgan fingerprint density at radius 1 is 1.11 bits per heavy atom. The highest BCUT2D eigenvalue weighted by atomic mass is 16.5. The summed E-state index contributed by atoms with van der Waals surface area (Å²) in [5, 5.41) is 0. The summed E-state index contributed by atoms with van der Waals surface area (Å²) < 4.78 is 21.2. The van der Waals surface area contributed by atoms with Crippen molar-refractivity contribution in [2.24, 2.45) is 0 Å². The summed E-state index contributed by atoms with van der Waals surface area (Å²) in [7, 11) is 4.44. The van der Waals surface area contributed by atoms with E-state index in [1.165, 1.54) is 7.11 Å². The second-order valence-electron chi connectivity index (χ2n) is 5.67. The van der Waals surface area contributed by atoms with Gasteiger partial charge in [0, 0.05) is 24.6 Å². The Bertz CT molecular complexity index is 772. The first-order valence-electron chi connectivity index (χ1n) is 8.29. The zero-order valence-corrected chi connectivity index (χ0v) is 15.7. The van der Waals surface area contributed by atoms with Gasteiger partial charge in [0.05, 0.1) is 27.9 Å². The van der Waals surface area contributed by atoms with Crippen molar-refractivity contribution in [3.8, 4) is 17.2 Å². The fraction of sp³-hybridized carbons (Fsp3) is 0.389. The zero-order chi connectivity index (χ0) is 19.8. The highest BCUT2D eigenvalue weighted by molar-refractivity contribution is 5.69. The monoisotopic (exact) mass is 376 g/mol. The first kappa shape index (κ1) is 20.1. The predicted octanol–water partition coefficient (Wildman–Crippen LogP) is 1.58. The Kier molecular flexibility index (Phi) is 7.04. The molecule has 4 N–H and O–H groups in total. The van der Waals surface area contributed by atoms with Gasteiger partial charge in [-0.05, 0) is 24.1 Å². The molecule has 1 aromatic carbocycles. The Hall–Kier alpha value is -3.23. The number of ether oxygens (including phenoxy) is 4. The standard InChI is InChI=1S/C18H24N4O5/c1-24-13-8-11(7-12-10-21-18(20)22-17(12)19)9-14(25-2)16(13)27-6-4-5-15(23)26-3/h8-10H,4-7H2,1-3H3,(H4,19,20,21,22). The number of hydrogen-bond donors (Lipinski definition) is 2. The van der Waals surface area contributed by atoms with Gasteiger partial charge in [-0.3, -0.25) is 4.79 Å². The van der Waals surface area contributed by atoms with Crippen molar-refractivity contribution in [3.05, 3.63) is 29.5 Å². The van der Waals surface area contributed by atoms with Gasteiger partial charge in [0.15, 0.2) is 11.5 Å². The maximum atomic E-state index is 11.2. The number of carbonyl (C=O) groups is 1. The van der Waals surface area contributed by atoms with Crippen LogP contribution < -0.4 is 25.7 Å². The molecule has 0 aliphatic rings. The lowest BCUT2D eigenvalue weighted by atomic mass is 10.1. The van der Waals surface area contributed by atoms with Crippen LogP contribution in [0.2, 0.25) is 0 Å². The normalized spacial score (nSPS) is 10.3. The molecule has 0 aliphatic heterocycles. The molecule has 1 aromatic heterocycles. The van der Waals surface area contributed by atoms with Crippen LogP contribution >= 0.6 is 0 Å². The second kappa shape index (κ2) is 9.46. The van der Waals surface area contributed by atoms with E-state index in [1.807, 2.05) is 12.1 Å². The van der Waals surface area contributed by atoms with E-state index in [0.717, 1.165) is 11.1 Å². The summed E-state index contributed by atoms with van der Waals surface area (Å²) in [5.74, 6) is 1.66. The SMILES string of the molecule is COC(=O)CCCOc1c(OC)cc(Cc2cnc(N)nc2N)cc1OC. The molecule has 146 valence electrons. The van der Waals surface area contributed by atoms with Crippen LogP contribution in [-0.2, 0) is 16.0 Å². The summed E-state index contributed by atoms with van der Waals surface area (Å²) in [4.78, 5) is 19.1. The van der Waals surface area contributed by atoms with E-state index in [0.29, 0.717) is 42.5 Å². The molecular formula is C18H24N4O5. The van der Waals surface area contributed by atoms with Crippen LogP contribution in [-0.4, -0.2) is 43.9 Å². The summed E-state index contributed by atoms with van der Waals surface area (Å²) in [6, 6.07) is 3.65. The number of anilines is 2. The van der Waals surface area contributed by atoms with Crippen LogP contribution in [0.5, 0.6) is 17.2 Å². The molecule has 2 rings (SSSR count). The number of aromatic nitrogens is 2. The van der Waals surface area contributed by atoms with Crippen molar-refractivity contribution in [2.45, 2.75) is 19.3 Å². The van der Waals surface area contributed by atoms with Gasteiger partial charge >= 0.3 is 5.97 Å². The summed E-state index contributed by atoms with van der Waals surface area (Å²) in [6.45, 7) is 0.319. The van der Waals surface area contributed by atoms with Crippen molar-refractivity contribution >= 4 is 17.7 Å². The fourth-order valence-corrected chi connectivity index (χ4v) is 2.46. The average molecular weight is 376 g/mol. The molecule has 0 unspecified atom stereocenters. The van der Waals surface area contributed by atoms with Crippen LogP contribution in [0.3, 0.4) is 0 Å². The number of nitrogens with two attached hydrogens (primary N) is 2. The number of nitrogen functional groups attached to an aromatic ring is 2. The quantitative estimate of drug-likeness (QED) is 0.494. The van der Waals surface area contributed by atoms with E-state index < -0.39 is 0 Å². The van der Waals surface area contributed by atoms with Crippen LogP contribution in [0.25, 0.3) is 0 Å². The summed E-state index contributed by atoms with van der Waals surface area (Å²) in [6.07, 6.45) is 2.85. The van der Waals surface area contributed by atoms with Gasteiger partial charge in [-0.25, -0.2) is 4.98 Å². The van der Waals surface area contributed by atoms with E-state index in [-0.39, 0.29) is 18.3 Å². The Balaban J connectivity index is 2.18. The highest BCUT2D eigenvalue weighted by Gasteiger charge is 2.16. The summed E-state index contributed by atoms with van der Waals surface area (Å²) >= 11 is 0. The molecule has 0 saturated carbocycles. The van der Waals surface area contributed by atoms with Crippen molar-refractivity contribution in [1.82, 2.24) is 9.97 Å². The fourth-order valence-electron chi connectivity index (χ4n) is 2.46. The minimum atomic E-state index is -0.281. The zero-order valence-electron chi connectivity index (χ0n) is 15.7. The van der Waals surface area contributed by atoms with Crippen LogP contribution in [0.15, 0.2) is 18.3 Å². The minimum Gasteiger partial charge on any atom is -0.493 e. The molecule has 1 heterocycles. The lowest BCUT2D eigenvalue weighted by Gasteiger charge is -2.16. The van der Waals surface area contributed by atoms with Gasteiger partial charge in [-0.15, -0.1) is 0 Å². The van der Waals surface area contributed by atoms with Crippen molar-refractivity contribution in [2.75, 3.05) is 39.4 Å². The number of carbonyl (C=O) groups excluding carboxylic acids is 1. The van der Waals surface area contributed by atoms with E-state index in [2.05, 4.69) is 14.7 Å². The van der Waals surface area contributed by atoms with E-state index in [1.54, 1.807) is 20.4 Å². The van der Waals surface area contributed by atoms with Crippen LogP contribution in [0.4, 0.5) is 11.8 Å². The molecule has 0 atom stereocenters. The first-order valence-corrected chi connectivity index (χ1v) is 8.29. The molecule has 9 nitrogen and oxygen atoms in total. The largest absolute Gasteiger partial charge is 0.493 e. The lowest BCUT2D eigenvalue weighted by Crippen LogP contribution is -2.07. The smallest absolute Gasteiger partial charge is 0.305 e. The molecule has 2 aromatic rings. The van der Waals surface area contributed by atoms with E-state index >= 15 is 0 Å². The topological polar surface area (TPSA) is 132 Å². The van der Waals surface area contributed by atoms with E-state index in [9.17, 15) is 4.79 Å². The number of esters is 1. The molecule has 0 fully saturated rings. The Labute approximate surface area is 157 Å². The maximum absolute atomic E-state index is 11.2. The third-order valence-electron chi connectivity index (χ3n) is 3.83. The predicted molar refractivity (Wildman–Crippen MR) is 100.0 cm³/mol. The molecule has 0 saturated heterocycles. The number of nitrogens with zero attached hydrogens (tertiary/aromatic N) is 2. The first-order chi connectivity index (χ1) is 13.0. The van der Waals surface area contributed by atoms with Crippen molar-refractivity contribution < 1.29 is 23.7 Å². The molecule has 9 heteroatoms. The average Bonchev–Trinajstić information content (AvgIpc) is 2.67. The Morgan fingerprint density at radius 3 is 2.33 bits per heavy atom. The molecule has 0 bridgehead atoms. The second-order valence-corrected chi connectivity index (χ2v) is 5.67. The lowest BCUT2D eigenvalue weighted by molar-refractivity contribution is -0.140. The molecule has 0 spiro atoms. The minimum absolute atomic E-state index is 0.127. The van der Waals surface area contributed by atoms with Gasteiger partial charge in [-0.1, -0.05) is 0 Å². The molecule has 27 heavy (non-hydrogen) atoms. The van der Waals surface area contributed by atoms with Crippen molar-refractivity contribution in [1.29, 1.82) is 0 Å². The Morgan fingerprint density at radius 2 is 1.78 bits per heavy atom. The van der Waals surface area contributed by atoms with E-state index in [4.69, 9.17) is 25.7 Å². The molecule has 0 amide bonds. The van der Waals surface area contributed by atoms with Gasteiger partial charge < -0.3 is 30.4 Å². The highest BCUT2D eigenvalue weighted by Crippen LogP contribution is 2.39. The molecule has 0 aliphatic carbocycles. The third-order valence-corrected chi connectivity index (χ3v) is 3.83. The number of benzene rings is 1. The van der Waals surface area contributed by atoms with Gasteiger partial charge in [0.25, 0.3) is 0 Å². The third kappa shape index (κ3) is 5.37. The number of methoxy groups -OCH3 is 3. The molecule has 0 radical (unpaired) electrons. The van der Waals surface area contributed by atoms with Crippen LogP contribution in [0.1, 0.15) is 24.0 Å². The maximum Gasteiger partial charge on any atom is 0.305 e. The van der Waals surface area contributed by atoms with Gasteiger partial charge in [0.1, 0.15) is 5.82 Å². The summed E-state index contributed by atoms with van der Waals surface area (Å²) in [5.41, 5.74) is 13.0. The van der Waals surface area contributed by atoms with Gasteiger partial charge in [-0.2, -0.15) is 4.98 Å².